The van der Waals surface area contributed by atoms with E-state index >= 15 is 0 Å². The van der Waals surface area contributed by atoms with Crippen molar-refractivity contribution in [2.75, 3.05) is 0 Å². The van der Waals surface area contributed by atoms with Crippen molar-refractivity contribution in [1.29, 1.82) is 0 Å². The van der Waals surface area contributed by atoms with Crippen molar-refractivity contribution < 1.29 is 14.3 Å². The molecule has 1 atom stereocenters. The Kier molecular flexibility index (Phi) is 5.94. The highest BCUT2D eigenvalue weighted by Gasteiger charge is 2.10. The predicted molar refractivity (Wildman–Crippen MR) is 91.2 cm³/mol. The lowest BCUT2D eigenvalue weighted by atomic mass is 9.98. The molecule has 1 unspecified atom stereocenters. The minimum Gasteiger partial charge on any atom is -0.423 e. The first kappa shape index (κ1) is 17.2. The van der Waals surface area contributed by atoms with Crippen LogP contribution in [0.1, 0.15) is 46.5 Å². The zero-order valence-electron chi connectivity index (χ0n) is 13.2. The van der Waals surface area contributed by atoms with E-state index in [0.717, 1.165) is 12.8 Å². The molecule has 0 aliphatic rings. The summed E-state index contributed by atoms with van der Waals surface area (Å²) >= 11 is 5.37. The molecule has 2 rings (SSSR count). The average Bonchev–Trinajstić information content (AvgIpc) is 2.55. The third-order valence-electron chi connectivity index (χ3n) is 3.76. The molecule has 0 amide bonds. The molecule has 0 radical (unpaired) electrons. The summed E-state index contributed by atoms with van der Waals surface area (Å²) in [6, 6.07) is 13.6. The van der Waals surface area contributed by atoms with Crippen LogP contribution in [0.3, 0.4) is 0 Å². The smallest absolute Gasteiger partial charge is 0.343 e. The van der Waals surface area contributed by atoms with Gasteiger partial charge in [0.25, 0.3) is 5.24 Å². The lowest BCUT2D eigenvalue weighted by molar-refractivity contribution is 0.0734. The van der Waals surface area contributed by atoms with E-state index in [-0.39, 0.29) is 0 Å². The molecular weight excluding hydrogens is 312 g/mol. The SMILES string of the molecule is CCC(C)Cc1ccc(C(=O)Oc2ccc(C(=O)Cl)cc2)cc1. The standard InChI is InChI=1S/C19H19ClO3/c1-3-13(2)12-14-4-6-16(7-5-14)19(22)23-17-10-8-15(9-11-17)18(20)21/h4-11,13H,3,12H2,1-2H3. The van der Waals surface area contributed by atoms with Crippen LogP contribution in [0.2, 0.25) is 0 Å². The van der Waals surface area contributed by atoms with E-state index in [1.165, 1.54) is 17.7 Å². The third-order valence-corrected chi connectivity index (χ3v) is 3.98. The van der Waals surface area contributed by atoms with Crippen molar-refractivity contribution >= 4 is 22.8 Å². The van der Waals surface area contributed by atoms with Crippen molar-refractivity contribution in [2.45, 2.75) is 26.7 Å². The first-order valence-electron chi connectivity index (χ1n) is 7.60. The van der Waals surface area contributed by atoms with E-state index in [1.807, 2.05) is 12.1 Å². The topological polar surface area (TPSA) is 43.4 Å². The van der Waals surface area contributed by atoms with Crippen molar-refractivity contribution in [3.8, 4) is 5.75 Å². The van der Waals surface area contributed by atoms with Gasteiger partial charge < -0.3 is 4.74 Å². The average molecular weight is 331 g/mol. The second kappa shape index (κ2) is 7.93. The summed E-state index contributed by atoms with van der Waals surface area (Å²) in [5.74, 6) is 0.571. The maximum absolute atomic E-state index is 12.1. The zero-order valence-corrected chi connectivity index (χ0v) is 14.0. The highest BCUT2D eigenvalue weighted by molar-refractivity contribution is 6.67. The van der Waals surface area contributed by atoms with Crippen molar-refractivity contribution in [3.63, 3.8) is 0 Å². The Hall–Kier alpha value is -2.13. The van der Waals surface area contributed by atoms with Crippen molar-refractivity contribution in [1.82, 2.24) is 0 Å². The predicted octanol–water partition coefficient (Wildman–Crippen LogP) is 4.87. The van der Waals surface area contributed by atoms with E-state index in [2.05, 4.69) is 13.8 Å². The molecule has 0 aliphatic carbocycles. The van der Waals surface area contributed by atoms with Crippen LogP contribution >= 0.6 is 11.6 Å². The van der Waals surface area contributed by atoms with Crippen LogP contribution in [-0.2, 0) is 6.42 Å². The summed E-state index contributed by atoms with van der Waals surface area (Å²) in [7, 11) is 0. The molecule has 0 heterocycles. The van der Waals surface area contributed by atoms with Crippen molar-refractivity contribution in [2.24, 2.45) is 5.92 Å². The number of esters is 1. The molecule has 23 heavy (non-hydrogen) atoms. The maximum Gasteiger partial charge on any atom is 0.343 e. The monoisotopic (exact) mass is 330 g/mol. The molecule has 0 aromatic heterocycles. The van der Waals surface area contributed by atoms with Gasteiger partial charge in [-0.3, -0.25) is 4.79 Å². The summed E-state index contributed by atoms with van der Waals surface area (Å²) in [4.78, 5) is 23.1. The van der Waals surface area contributed by atoms with Crippen LogP contribution in [0.5, 0.6) is 5.75 Å². The third kappa shape index (κ3) is 4.93. The van der Waals surface area contributed by atoms with Crippen molar-refractivity contribution in [3.05, 3.63) is 65.2 Å². The van der Waals surface area contributed by atoms with Crippen LogP contribution in [0, 0.1) is 5.92 Å². The lowest BCUT2D eigenvalue weighted by Gasteiger charge is -2.09. The molecule has 0 fully saturated rings. The van der Waals surface area contributed by atoms with Gasteiger partial charge in [-0.25, -0.2) is 4.79 Å². The van der Waals surface area contributed by atoms with Gasteiger partial charge in [0.2, 0.25) is 0 Å². The van der Waals surface area contributed by atoms with E-state index in [9.17, 15) is 9.59 Å². The van der Waals surface area contributed by atoms with E-state index in [0.29, 0.717) is 22.8 Å². The number of benzene rings is 2. The lowest BCUT2D eigenvalue weighted by Crippen LogP contribution is -2.09. The fourth-order valence-electron chi connectivity index (χ4n) is 2.14. The quantitative estimate of drug-likeness (QED) is 0.431. The van der Waals surface area contributed by atoms with Crippen LogP contribution in [0.4, 0.5) is 0 Å². The molecule has 2 aromatic carbocycles. The fraction of sp³-hybridized carbons (Fsp3) is 0.263. The molecule has 2 aromatic rings. The number of halogens is 1. The van der Waals surface area contributed by atoms with Gasteiger partial charge in [-0.1, -0.05) is 32.4 Å². The Morgan fingerprint density at radius 1 is 1.00 bits per heavy atom. The van der Waals surface area contributed by atoms with Gasteiger partial charge in [-0.05, 0) is 65.9 Å². The number of hydrogen-bond donors (Lipinski definition) is 0. The van der Waals surface area contributed by atoms with Crippen LogP contribution in [-0.4, -0.2) is 11.2 Å². The van der Waals surface area contributed by atoms with Gasteiger partial charge in [-0.2, -0.15) is 0 Å². The Bertz CT molecular complexity index is 675. The Morgan fingerprint density at radius 3 is 2.09 bits per heavy atom. The summed E-state index contributed by atoms with van der Waals surface area (Å²) < 4.78 is 5.28. The molecule has 3 nitrogen and oxygen atoms in total. The first-order valence-corrected chi connectivity index (χ1v) is 7.98. The largest absolute Gasteiger partial charge is 0.423 e. The molecule has 0 spiro atoms. The van der Waals surface area contributed by atoms with Crippen LogP contribution < -0.4 is 4.74 Å². The van der Waals surface area contributed by atoms with Gasteiger partial charge in [0, 0.05) is 5.56 Å². The summed E-state index contributed by atoms with van der Waals surface area (Å²) in [5, 5.41) is -0.542. The second-order valence-electron chi connectivity index (χ2n) is 5.60. The molecule has 4 heteroatoms. The molecule has 0 N–H and O–H groups in total. The van der Waals surface area contributed by atoms with E-state index < -0.39 is 11.2 Å². The highest BCUT2D eigenvalue weighted by atomic mass is 35.5. The highest BCUT2D eigenvalue weighted by Crippen LogP contribution is 2.17. The number of rotatable bonds is 6. The molecule has 0 aliphatic heterocycles. The van der Waals surface area contributed by atoms with Gasteiger partial charge in [-0.15, -0.1) is 0 Å². The number of ether oxygens (including phenoxy) is 1. The summed E-state index contributed by atoms with van der Waals surface area (Å²) in [6.45, 7) is 4.37. The van der Waals surface area contributed by atoms with Gasteiger partial charge in [0.15, 0.2) is 0 Å². The Labute approximate surface area is 141 Å². The van der Waals surface area contributed by atoms with Gasteiger partial charge in [0.05, 0.1) is 5.56 Å². The van der Waals surface area contributed by atoms with Crippen LogP contribution in [0.25, 0.3) is 0 Å². The van der Waals surface area contributed by atoms with Gasteiger partial charge >= 0.3 is 5.97 Å². The molecule has 0 saturated carbocycles. The minimum atomic E-state index is -0.542. The molecule has 0 bridgehead atoms. The Balaban J connectivity index is 2.01. The molecular formula is C19H19ClO3. The summed E-state index contributed by atoms with van der Waals surface area (Å²) in [6.07, 6.45) is 2.13. The number of carbonyl (C=O) groups excluding carboxylic acids is 2. The van der Waals surface area contributed by atoms with Crippen LogP contribution in [0.15, 0.2) is 48.5 Å². The number of carbonyl (C=O) groups is 2. The normalized spacial score (nSPS) is 11.8. The zero-order chi connectivity index (χ0) is 16.8. The summed E-state index contributed by atoms with van der Waals surface area (Å²) in [5.41, 5.74) is 2.07. The first-order chi connectivity index (χ1) is 11.0. The Morgan fingerprint density at radius 2 is 1.57 bits per heavy atom. The molecule has 120 valence electrons. The number of hydrogen-bond acceptors (Lipinski definition) is 3. The van der Waals surface area contributed by atoms with Gasteiger partial charge in [0.1, 0.15) is 5.75 Å². The second-order valence-corrected chi connectivity index (χ2v) is 5.95. The van der Waals surface area contributed by atoms with E-state index in [4.69, 9.17) is 16.3 Å². The molecule has 0 saturated heterocycles. The minimum absolute atomic E-state index is 0.362. The maximum atomic E-state index is 12.1. The fourth-order valence-corrected chi connectivity index (χ4v) is 2.27. The van der Waals surface area contributed by atoms with E-state index in [1.54, 1.807) is 24.3 Å².